The predicted molar refractivity (Wildman–Crippen MR) is 52.9 cm³/mol. The highest BCUT2D eigenvalue weighted by atomic mass is 35.5. The lowest BCUT2D eigenvalue weighted by Gasteiger charge is -1.96. The Kier molecular flexibility index (Phi) is 5.39. The molecular weight excluding hydrogens is 172 g/mol. The van der Waals surface area contributed by atoms with Gasteiger partial charge in [-0.1, -0.05) is 37.3 Å². The molecule has 0 radical (unpaired) electrons. The first-order valence-corrected chi connectivity index (χ1v) is 3.93. The molecule has 1 aromatic rings. The van der Waals surface area contributed by atoms with Gasteiger partial charge in [-0.3, -0.25) is 4.79 Å². The molecule has 0 amide bonds. The number of ketones is 1. The molecule has 0 saturated heterocycles. The summed E-state index contributed by atoms with van der Waals surface area (Å²) in [5.74, 6) is 0.244. The van der Waals surface area contributed by atoms with E-state index in [1.807, 2.05) is 37.3 Å². The molecule has 0 aliphatic rings. The smallest absolute Gasteiger partial charge is 0.162 e. The van der Waals surface area contributed by atoms with Crippen molar-refractivity contribution in [3.63, 3.8) is 0 Å². The standard InChI is InChI=1S/C10H12O.ClH/c1-2-6-10(11)9-7-4-3-5-8-9;/h3-5,7-8H,2,6H2,1H3;1H. The van der Waals surface area contributed by atoms with E-state index in [0.29, 0.717) is 6.42 Å². The van der Waals surface area contributed by atoms with Crippen LogP contribution in [-0.2, 0) is 0 Å². The van der Waals surface area contributed by atoms with Crippen LogP contribution in [0.3, 0.4) is 0 Å². The minimum Gasteiger partial charge on any atom is -0.294 e. The molecule has 0 aromatic heterocycles. The monoisotopic (exact) mass is 184 g/mol. The summed E-state index contributed by atoms with van der Waals surface area (Å²) in [5.41, 5.74) is 0.828. The van der Waals surface area contributed by atoms with Gasteiger partial charge in [-0.25, -0.2) is 0 Å². The van der Waals surface area contributed by atoms with E-state index in [4.69, 9.17) is 0 Å². The van der Waals surface area contributed by atoms with Crippen LogP contribution in [0.25, 0.3) is 0 Å². The summed E-state index contributed by atoms with van der Waals surface area (Å²) in [5, 5.41) is 0. The summed E-state index contributed by atoms with van der Waals surface area (Å²) in [4.78, 5) is 11.2. The van der Waals surface area contributed by atoms with E-state index in [-0.39, 0.29) is 18.2 Å². The second kappa shape index (κ2) is 5.78. The topological polar surface area (TPSA) is 17.1 Å². The minimum absolute atomic E-state index is 0. The first-order valence-electron chi connectivity index (χ1n) is 3.93. The van der Waals surface area contributed by atoms with Crippen molar-refractivity contribution in [2.75, 3.05) is 0 Å². The second-order valence-electron chi connectivity index (χ2n) is 2.54. The molecule has 1 rings (SSSR count). The summed E-state index contributed by atoms with van der Waals surface area (Å²) < 4.78 is 0. The van der Waals surface area contributed by atoms with Crippen LogP contribution in [0.1, 0.15) is 30.1 Å². The first-order chi connectivity index (χ1) is 5.34. The van der Waals surface area contributed by atoms with E-state index in [0.717, 1.165) is 12.0 Å². The van der Waals surface area contributed by atoms with E-state index in [1.165, 1.54) is 0 Å². The van der Waals surface area contributed by atoms with Crippen LogP contribution in [0.15, 0.2) is 30.3 Å². The number of benzene rings is 1. The molecule has 12 heavy (non-hydrogen) atoms. The van der Waals surface area contributed by atoms with Crippen molar-refractivity contribution in [2.24, 2.45) is 0 Å². The maximum Gasteiger partial charge on any atom is 0.162 e. The molecule has 2 heteroatoms. The average molecular weight is 185 g/mol. The fraction of sp³-hybridized carbons (Fsp3) is 0.300. The summed E-state index contributed by atoms with van der Waals surface area (Å²) in [6.45, 7) is 2.01. The largest absolute Gasteiger partial charge is 0.294 e. The van der Waals surface area contributed by atoms with Crippen LogP contribution in [0.4, 0.5) is 0 Å². The minimum atomic E-state index is 0. The normalized spacial score (nSPS) is 8.75. The maximum atomic E-state index is 11.2. The quantitative estimate of drug-likeness (QED) is 0.660. The van der Waals surface area contributed by atoms with Crippen molar-refractivity contribution >= 4 is 18.2 Å². The van der Waals surface area contributed by atoms with Gasteiger partial charge in [-0.15, -0.1) is 12.4 Å². The Balaban J connectivity index is 0.00000121. The predicted octanol–water partition coefficient (Wildman–Crippen LogP) is 3.09. The number of halogens is 1. The Hall–Kier alpha value is -0.820. The van der Waals surface area contributed by atoms with Gasteiger partial charge in [0.2, 0.25) is 0 Å². The number of carbonyl (C=O) groups excluding carboxylic acids is 1. The van der Waals surface area contributed by atoms with Gasteiger partial charge in [0.1, 0.15) is 0 Å². The Bertz CT molecular complexity index is 231. The summed E-state index contributed by atoms with van der Waals surface area (Å²) in [6.07, 6.45) is 1.58. The van der Waals surface area contributed by atoms with Crippen molar-refractivity contribution in [3.05, 3.63) is 35.9 Å². The highest BCUT2D eigenvalue weighted by molar-refractivity contribution is 5.95. The summed E-state index contributed by atoms with van der Waals surface area (Å²) in [6, 6.07) is 9.42. The molecular formula is C10H13ClO. The van der Waals surface area contributed by atoms with E-state index in [2.05, 4.69) is 0 Å². The summed E-state index contributed by atoms with van der Waals surface area (Å²) >= 11 is 0. The fourth-order valence-electron chi connectivity index (χ4n) is 0.995. The highest BCUT2D eigenvalue weighted by Crippen LogP contribution is 2.03. The molecule has 0 spiro atoms. The van der Waals surface area contributed by atoms with Gasteiger partial charge in [-0.2, -0.15) is 0 Å². The van der Waals surface area contributed by atoms with E-state index in [9.17, 15) is 4.79 Å². The number of hydrogen-bond donors (Lipinski definition) is 0. The highest BCUT2D eigenvalue weighted by Gasteiger charge is 2.01. The van der Waals surface area contributed by atoms with Gasteiger partial charge >= 0.3 is 0 Å². The zero-order valence-electron chi connectivity index (χ0n) is 7.12. The van der Waals surface area contributed by atoms with Crippen molar-refractivity contribution in [1.82, 2.24) is 0 Å². The van der Waals surface area contributed by atoms with Crippen LogP contribution < -0.4 is 0 Å². The van der Waals surface area contributed by atoms with Crippen molar-refractivity contribution < 1.29 is 4.79 Å². The number of hydrogen-bond acceptors (Lipinski definition) is 1. The van der Waals surface area contributed by atoms with Gasteiger partial charge in [-0.05, 0) is 6.42 Å². The molecule has 0 fully saturated rings. The lowest BCUT2D eigenvalue weighted by molar-refractivity contribution is 0.0982. The third kappa shape index (κ3) is 3.05. The third-order valence-electron chi connectivity index (χ3n) is 1.57. The molecule has 66 valence electrons. The third-order valence-corrected chi connectivity index (χ3v) is 1.57. The van der Waals surface area contributed by atoms with Crippen LogP contribution in [0.2, 0.25) is 0 Å². The van der Waals surface area contributed by atoms with Crippen LogP contribution in [-0.4, -0.2) is 5.78 Å². The van der Waals surface area contributed by atoms with E-state index < -0.39 is 0 Å². The lowest BCUT2D eigenvalue weighted by atomic mass is 10.1. The lowest BCUT2D eigenvalue weighted by Crippen LogP contribution is -1.96. The zero-order chi connectivity index (χ0) is 8.10. The molecule has 0 heterocycles. The summed E-state index contributed by atoms with van der Waals surface area (Å²) in [7, 11) is 0. The molecule has 0 bridgehead atoms. The molecule has 0 saturated carbocycles. The van der Waals surface area contributed by atoms with Gasteiger partial charge in [0.05, 0.1) is 0 Å². The molecule has 1 aromatic carbocycles. The SMILES string of the molecule is CCCC(=O)c1ccccc1.Cl. The maximum absolute atomic E-state index is 11.2. The zero-order valence-corrected chi connectivity index (χ0v) is 7.93. The van der Waals surface area contributed by atoms with Crippen LogP contribution in [0, 0.1) is 0 Å². The Labute approximate surface area is 79.2 Å². The Morgan fingerprint density at radius 1 is 1.25 bits per heavy atom. The first kappa shape index (κ1) is 11.2. The molecule has 0 atom stereocenters. The van der Waals surface area contributed by atoms with E-state index >= 15 is 0 Å². The van der Waals surface area contributed by atoms with Gasteiger partial charge in [0.25, 0.3) is 0 Å². The molecule has 0 N–H and O–H groups in total. The number of rotatable bonds is 3. The fourth-order valence-corrected chi connectivity index (χ4v) is 0.995. The Morgan fingerprint density at radius 2 is 1.83 bits per heavy atom. The molecule has 0 aliphatic carbocycles. The van der Waals surface area contributed by atoms with Crippen molar-refractivity contribution in [1.29, 1.82) is 0 Å². The van der Waals surface area contributed by atoms with Crippen molar-refractivity contribution in [2.45, 2.75) is 19.8 Å². The van der Waals surface area contributed by atoms with E-state index in [1.54, 1.807) is 0 Å². The Morgan fingerprint density at radius 3 is 2.33 bits per heavy atom. The molecule has 1 nitrogen and oxygen atoms in total. The second-order valence-corrected chi connectivity index (χ2v) is 2.54. The number of carbonyl (C=O) groups is 1. The van der Waals surface area contributed by atoms with Crippen LogP contribution >= 0.6 is 12.4 Å². The average Bonchev–Trinajstić information content (AvgIpc) is 2.07. The number of Topliss-reactive ketones (excluding diaryl/α,β-unsaturated/α-hetero) is 1. The molecule has 0 aliphatic heterocycles. The van der Waals surface area contributed by atoms with Crippen LogP contribution in [0.5, 0.6) is 0 Å². The van der Waals surface area contributed by atoms with Gasteiger partial charge in [0, 0.05) is 12.0 Å². The van der Waals surface area contributed by atoms with Gasteiger partial charge < -0.3 is 0 Å². The molecule has 0 unspecified atom stereocenters. The van der Waals surface area contributed by atoms with Gasteiger partial charge in [0.15, 0.2) is 5.78 Å². The van der Waals surface area contributed by atoms with Crippen molar-refractivity contribution in [3.8, 4) is 0 Å².